The molecule has 1 atom stereocenters. The number of nitrogens with zero attached hydrogens (tertiary/aromatic N) is 1. The van der Waals surface area contributed by atoms with Crippen molar-refractivity contribution in [3.63, 3.8) is 0 Å². The summed E-state index contributed by atoms with van der Waals surface area (Å²) in [4.78, 5) is 14.4. The number of likely N-dealkylation sites (tertiary alicyclic amines) is 1. The number of nitrogens with one attached hydrogen (secondary N) is 1. The zero-order chi connectivity index (χ0) is 15.1. The molecule has 1 N–H and O–H groups in total. The molecule has 0 spiro atoms. The van der Waals surface area contributed by atoms with Gasteiger partial charge in [-0.15, -0.1) is 11.8 Å². The molecular weight excluding hydrogens is 280 g/mol. The van der Waals surface area contributed by atoms with Crippen LogP contribution in [0.4, 0.5) is 0 Å². The molecule has 1 saturated heterocycles. The van der Waals surface area contributed by atoms with Crippen LogP contribution < -0.4 is 5.32 Å². The van der Waals surface area contributed by atoms with Crippen LogP contribution in [0.15, 0.2) is 24.3 Å². The first-order valence-electron chi connectivity index (χ1n) is 7.83. The zero-order valence-corrected chi connectivity index (χ0v) is 13.9. The SMILES string of the molecule is CCN1CCCC1CNC(=O)CSCc1cccc(C)c1. The number of hydrogen-bond acceptors (Lipinski definition) is 3. The van der Waals surface area contributed by atoms with Crippen molar-refractivity contribution in [3.8, 4) is 0 Å². The monoisotopic (exact) mass is 306 g/mol. The summed E-state index contributed by atoms with van der Waals surface area (Å²) < 4.78 is 0. The lowest BCUT2D eigenvalue weighted by atomic mass is 10.2. The van der Waals surface area contributed by atoms with Crippen LogP contribution in [-0.2, 0) is 10.5 Å². The first-order chi connectivity index (χ1) is 10.2. The van der Waals surface area contributed by atoms with Gasteiger partial charge in [0.15, 0.2) is 0 Å². The van der Waals surface area contributed by atoms with Gasteiger partial charge in [-0.05, 0) is 38.4 Å². The molecule has 0 aromatic heterocycles. The number of rotatable bonds is 7. The highest BCUT2D eigenvalue weighted by atomic mass is 32.2. The van der Waals surface area contributed by atoms with Gasteiger partial charge in [-0.2, -0.15) is 0 Å². The molecule has 4 heteroatoms. The number of hydrogen-bond donors (Lipinski definition) is 1. The summed E-state index contributed by atoms with van der Waals surface area (Å²) in [5.41, 5.74) is 2.57. The van der Waals surface area contributed by atoms with Crippen LogP contribution >= 0.6 is 11.8 Å². The van der Waals surface area contributed by atoms with E-state index < -0.39 is 0 Å². The summed E-state index contributed by atoms with van der Waals surface area (Å²) in [5.74, 6) is 1.61. The Labute approximate surface area is 132 Å². The lowest BCUT2D eigenvalue weighted by molar-refractivity contribution is -0.118. The fourth-order valence-electron chi connectivity index (χ4n) is 2.89. The molecule has 1 heterocycles. The van der Waals surface area contributed by atoms with E-state index in [1.54, 1.807) is 11.8 Å². The van der Waals surface area contributed by atoms with Crippen LogP contribution in [0.2, 0.25) is 0 Å². The molecule has 21 heavy (non-hydrogen) atoms. The number of likely N-dealkylation sites (N-methyl/N-ethyl adjacent to an activating group) is 1. The Morgan fingerprint density at radius 3 is 3.10 bits per heavy atom. The standard InChI is InChI=1S/C17H26N2OS/c1-3-19-9-5-8-16(19)11-18-17(20)13-21-12-15-7-4-6-14(2)10-15/h4,6-7,10,16H,3,5,8-9,11-13H2,1-2H3,(H,18,20). The highest BCUT2D eigenvalue weighted by Gasteiger charge is 2.22. The van der Waals surface area contributed by atoms with Crippen molar-refractivity contribution >= 4 is 17.7 Å². The third kappa shape index (κ3) is 5.36. The molecule has 1 aromatic carbocycles. The maximum absolute atomic E-state index is 11.9. The van der Waals surface area contributed by atoms with Crippen molar-refractivity contribution in [1.82, 2.24) is 10.2 Å². The van der Waals surface area contributed by atoms with Gasteiger partial charge in [-0.3, -0.25) is 9.69 Å². The number of aryl methyl sites for hydroxylation is 1. The normalized spacial score (nSPS) is 18.9. The van der Waals surface area contributed by atoms with Gasteiger partial charge < -0.3 is 5.32 Å². The second kappa shape index (κ2) is 8.44. The van der Waals surface area contributed by atoms with Crippen LogP contribution in [-0.4, -0.2) is 42.2 Å². The van der Waals surface area contributed by atoms with Crippen molar-refractivity contribution in [2.45, 2.75) is 38.5 Å². The molecule has 0 bridgehead atoms. The first kappa shape index (κ1) is 16.4. The minimum atomic E-state index is 0.163. The largest absolute Gasteiger partial charge is 0.354 e. The lowest BCUT2D eigenvalue weighted by Gasteiger charge is -2.22. The van der Waals surface area contributed by atoms with E-state index >= 15 is 0 Å². The predicted molar refractivity (Wildman–Crippen MR) is 90.6 cm³/mol. The molecule has 1 fully saturated rings. The van der Waals surface area contributed by atoms with Gasteiger partial charge in [0.05, 0.1) is 5.75 Å². The number of benzene rings is 1. The summed E-state index contributed by atoms with van der Waals surface area (Å²) >= 11 is 1.69. The average Bonchev–Trinajstić information content (AvgIpc) is 2.92. The molecule has 116 valence electrons. The van der Waals surface area contributed by atoms with E-state index in [0.717, 1.165) is 18.8 Å². The Morgan fingerprint density at radius 1 is 1.48 bits per heavy atom. The van der Waals surface area contributed by atoms with Crippen LogP contribution in [0.5, 0.6) is 0 Å². The molecule has 0 aliphatic carbocycles. The van der Waals surface area contributed by atoms with Crippen molar-refractivity contribution in [1.29, 1.82) is 0 Å². The van der Waals surface area contributed by atoms with Gasteiger partial charge >= 0.3 is 0 Å². The Balaban J connectivity index is 1.63. The molecule has 0 saturated carbocycles. The van der Waals surface area contributed by atoms with E-state index in [0.29, 0.717) is 11.8 Å². The summed E-state index contributed by atoms with van der Waals surface area (Å²) in [7, 11) is 0. The molecule has 3 nitrogen and oxygen atoms in total. The quantitative estimate of drug-likeness (QED) is 0.841. The van der Waals surface area contributed by atoms with Crippen LogP contribution in [0, 0.1) is 6.92 Å². The Morgan fingerprint density at radius 2 is 2.33 bits per heavy atom. The molecule has 1 aliphatic rings. The number of amides is 1. The van der Waals surface area contributed by atoms with E-state index in [9.17, 15) is 4.79 Å². The van der Waals surface area contributed by atoms with Gasteiger partial charge in [-0.1, -0.05) is 36.8 Å². The summed E-state index contributed by atoms with van der Waals surface area (Å²) in [6.07, 6.45) is 2.47. The third-order valence-corrected chi connectivity index (χ3v) is 5.03. The smallest absolute Gasteiger partial charge is 0.230 e. The molecule has 0 radical (unpaired) electrons. The second-order valence-electron chi connectivity index (χ2n) is 5.71. The highest BCUT2D eigenvalue weighted by Crippen LogP contribution is 2.16. The van der Waals surface area contributed by atoms with Gasteiger partial charge in [-0.25, -0.2) is 0 Å². The lowest BCUT2D eigenvalue weighted by Crippen LogP contribution is -2.40. The van der Waals surface area contributed by atoms with Gasteiger partial charge in [0.2, 0.25) is 5.91 Å². The maximum atomic E-state index is 11.9. The number of thioether (sulfide) groups is 1. The van der Waals surface area contributed by atoms with Crippen molar-refractivity contribution in [2.24, 2.45) is 0 Å². The minimum absolute atomic E-state index is 0.163. The van der Waals surface area contributed by atoms with E-state index in [4.69, 9.17) is 0 Å². The summed E-state index contributed by atoms with van der Waals surface area (Å²) in [6.45, 7) is 7.36. The highest BCUT2D eigenvalue weighted by molar-refractivity contribution is 7.99. The van der Waals surface area contributed by atoms with E-state index in [2.05, 4.69) is 48.3 Å². The maximum Gasteiger partial charge on any atom is 0.230 e. The van der Waals surface area contributed by atoms with Crippen molar-refractivity contribution < 1.29 is 4.79 Å². The van der Waals surface area contributed by atoms with Gasteiger partial charge in [0.1, 0.15) is 0 Å². The Hall–Kier alpha value is -1.00. The van der Waals surface area contributed by atoms with E-state index in [1.165, 1.54) is 30.5 Å². The van der Waals surface area contributed by atoms with E-state index in [-0.39, 0.29) is 5.91 Å². The molecule has 1 unspecified atom stereocenters. The summed E-state index contributed by atoms with van der Waals surface area (Å²) in [6, 6.07) is 9.02. The van der Waals surface area contributed by atoms with Gasteiger partial charge in [0, 0.05) is 18.3 Å². The average molecular weight is 306 g/mol. The number of carbonyl (C=O) groups is 1. The third-order valence-electron chi connectivity index (χ3n) is 4.02. The molecule has 1 aliphatic heterocycles. The first-order valence-corrected chi connectivity index (χ1v) is 8.98. The molecule has 1 amide bonds. The van der Waals surface area contributed by atoms with E-state index in [1.807, 2.05) is 0 Å². The van der Waals surface area contributed by atoms with Crippen LogP contribution in [0.3, 0.4) is 0 Å². The molecular formula is C17H26N2OS. The van der Waals surface area contributed by atoms with Crippen LogP contribution in [0.1, 0.15) is 30.9 Å². The number of carbonyl (C=O) groups excluding carboxylic acids is 1. The zero-order valence-electron chi connectivity index (χ0n) is 13.1. The topological polar surface area (TPSA) is 32.3 Å². The van der Waals surface area contributed by atoms with Crippen molar-refractivity contribution in [3.05, 3.63) is 35.4 Å². The predicted octanol–water partition coefficient (Wildman–Crippen LogP) is 2.83. The van der Waals surface area contributed by atoms with Gasteiger partial charge in [0.25, 0.3) is 0 Å². The summed E-state index contributed by atoms with van der Waals surface area (Å²) in [5, 5.41) is 3.09. The van der Waals surface area contributed by atoms with Crippen LogP contribution in [0.25, 0.3) is 0 Å². The minimum Gasteiger partial charge on any atom is -0.354 e. The molecule has 2 rings (SSSR count). The fourth-order valence-corrected chi connectivity index (χ4v) is 3.69. The Bertz CT molecular complexity index is 464. The fraction of sp³-hybridized carbons (Fsp3) is 0.588. The Kier molecular flexibility index (Phi) is 6.58. The van der Waals surface area contributed by atoms with Crippen molar-refractivity contribution in [2.75, 3.05) is 25.4 Å². The molecule has 1 aromatic rings. The second-order valence-corrected chi connectivity index (χ2v) is 6.70.